The molecule has 0 radical (unpaired) electrons. The number of benzene rings is 1. The van der Waals surface area contributed by atoms with Crippen LogP contribution in [0.3, 0.4) is 0 Å². The van der Waals surface area contributed by atoms with E-state index in [1.165, 1.54) is 36.4 Å². The van der Waals surface area contributed by atoms with Gasteiger partial charge in [-0.05, 0) is 37.2 Å². The van der Waals surface area contributed by atoms with Crippen LogP contribution in [0.15, 0.2) is 30.3 Å². The summed E-state index contributed by atoms with van der Waals surface area (Å²) in [5, 5.41) is 7.87. The van der Waals surface area contributed by atoms with E-state index in [0.29, 0.717) is 37.4 Å². The predicted molar refractivity (Wildman–Crippen MR) is 110 cm³/mol. The van der Waals surface area contributed by atoms with E-state index in [2.05, 4.69) is 0 Å². The summed E-state index contributed by atoms with van der Waals surface area (Å²) in [6, 6.07) is 8.70. The van der Waals surface area contributed by atoms with Crippen LogP contribution < -0.4 is 5.48 Å². The molecule has 2 N–H and O–H groups in total. The molecule has 2 aliphatic rings. The number of piperidine rings is 1. The first-order chi connectivity index (χ1) is 14.0. The van der Waals surface area contributed by atoms with Crippen molar-refractivity contribution in [2.75, 3.05) is 19.7 Å². The number of carbonyl (C=O) groups excluding carboxylic acids is 1. The first-order valence-corrected chi connectivity index (χ1v) is 12.1. The Kier molecular flexibility index (Phi) is 8.06. The molecule has 0 unspecified atom stereocenters. The molecule has 0 spiro atoms. The summed E-state index contributed by atoms with van der Waals surface area (Å²) in [4.78, 5) is 11.7. The summed E-state index contributed by atoms with van der Waals surface area (Å²) < 4.78 is 34.1. The maximum Gasteiger partial charge on any atom is 0.245 e. The number of carbonyl (C=O) groups is 1. The molecule has 1 aromatic carbocycles. The van der Waals surface area contributed by atoms with Gasteiger partial charge in [-0.25, -0.2) is 18.2 Å². The van der Waals surface area contributed by atoms with Crippen LogP contribution in [0.2, 0.25) is 0 Å². The van der Waals surface area contributed by atoms with Crippen LogP contribution in [0.25, 0.3) is 0 Å². The molecular formula is C21H32N2O5S. The Balaban J connectivity index is 1.60. The van der Waals surface area contributed by atoms with E-state index in [0.717, 1.165) is 6.61 Å². The van der Waals surface area contributed by atoms with Crippen LogP contribution in [0.1, 0.15) is 62.2 Å². The van der Waals surface area contributed by atoms with Gasteiger partial charge in [-0.15, -0.1) is 0 Å². The molecule has 1 atom stereocenters. The highest BCUT2D eigenvalue weighted by molar-refractivity contribution is 7.89. The second kappa shape index (κ2) is 10.5. The van der Waals surface area contributed by atoms with Gasteiger partial charge in [-0.2, -0.15) is 0 Å². The molecule has 1 amide bonds. The number of hydrogen-bond donors (Lipinski definition) is 2. The average molecular weight is 425 g/mol. The summed E-state index contributed by atoms with van der Waals surface area (Å²) in [5.41, 5.74) is 2.10. The molecule has 1 aliphatic carbocycles. The van der Waals surface area contributed by atoms with Gasteiger partial charge in [0.1, 0.15) is 5.25 Å². The smallest absolute Gasteiger partial charge is 0.245 e. The quantitative estimate of drug-likeness (QED) is 0.494. The minimum atomic E-state index is -3.74. The number of ether oxygens (including phenoxy) is 1. The van der Waals surface area contributed by atoms with Gasteiger partial charge in [0.05, 0.1) is 12.5 Å². The monoisotopic (exact) mass is 424 g/mol. The Morgan fingerprint density at radius 1 is 1.10 bits per heavy atom. The van der Waals surface area contributed by atoms with Crippen molar-refractivity contribution in [3.05, 3.63) is 35.9 Å². The maximum atomic E-state index is 13.3. The Labute approximate surface area is 173 Å². The second-order valence-corrected chi connectivity index (χ2v) is 10.2. The highest BCUT2D eigenvalue weighted by atomic mass is 32.2. The SMILES string of the molecule is O=C(C[C@H](c1ccccc1)S(=O)(=O)N1CCC(OCC2CCCCC2)CC1)NO. The molecule has 0 bridgehead atoms. The van der Waals surface area contributed by atoms with Gasteiger partial charge >= 0.3 is 0 Å². The van der Waals surface area contributed by atoms with E-state index in [-0.39, 0.29) is 12.5 Å². The molecule has 1 heterocycles. The third-order valence-electron chi connectivity index (χ3n) is 6.08. The molecule has 3 rings (SSSR count). The average Bonchev–Trinajstić information content (AvgIpc) is 2.77. The van der Waals surface area contributed by atoms with Crippen molar-refractivity contribution in [2.24, 2.45) is 5.92 Å². The fourth-order valence-corrected chi connectivity index (χ4v) is 6.28. The molecule has 162 valence electrons. The van der Waals surface area contributed by atoms with Crippen molar-refractivity contribution < 1.29 is 23.2 Å². The summed E-state index contributed by atoms with van der Waals surface area (Å²) in [7, 11) is -3.74. The van der Waals surface area contributed by atoms with Gasteiger partial charge < -0.3 is 4.74 Å². The van der Waals surface area contributed by atoms with Crippen molar-refractivity contribution in [1.82, 2.24) is 9.79 Å². The molecule has 1 saturated carbocycles. The minimum absolute atomic E-state index is 0.0966. The van der Waals surface area contributed by atoms with Crippen LogP contribution in [0.4, 0.5) is 0 Å². The normalized spacial score (nSPS) is 21.0. The lowest BCUT2D eigenvalue weighted by Crippen LogP contribution is -2.43. The zero-order valence-corrected chi connectivity index (χ0v) is 17.6. The summed E-state index contributed by atoms with van der Waals surface area (Å²) in [6.45, 7) is 1.56. The van der Waals surface area contributed by atoms with E-state index in [1.54, 1.807) is 35.8 Å². The zero-order chi connectivity index (χ0) is 20.7. The topological polar surface area (TPSA) is 95.9 Å². The Bertz CT molecular complexity index is 742. The van der Waals surface area contributed by atoms with Crippen molar-refractivity contribution in [3.63, 3.8) is 0 Å². The van der Waals surface area contributed by atoms with Crippen molar-refractivity contribution in [2.45, 2.75) is 62.7 Å². The number of nitrogens with one attached hydrogen (secondary N) is 1. The van der Waals surface area contributed by atoms with E-state index in [4.69, 9.17) is 9.94 Å². The number of sulfonamides is 1. The van der Waals surface area contributed by atoms with E-state index >= 15 is 0 Å². The van der Waals surface area contributed by atoms with E-state index < -0.39 is 21.2 Å². The molecular weight excluding hydrogens is 392 g/mol. The van der Waals surface area contributed by atoms with Crippen LogP contribution in [0.5, 0.6) is 0 Å². The van der Waals surface area contributed by atoms with Crippen LogP contribution in [-0.4, -0.2) is 49.6 Å². The molecule has 1 saturated heterocycles. The molecule has 8 heteroatoms. The molecule has 29 heavy (non-hydrogen) atoms. The number of hydroxylamine groups is 1. The molecule has 0 aromatic heterocycles. The van der Waals surface area contributed by atoms with Crippen LogP contribution in [0, 0.1) is 5.92 Å². The number of rotatable bonds is 8. The lowest BCUT2D eigenvalue weighted by Gasteiger charge is -2.34. The summed E-state index contributed by atoms with van der Waals surface area (Å²) in [6.07, 6.45) is 7.47. The number of nitrogens with zero attached hydrogens (tertiary/aromatic N) is 1. The van der Waals surface area contributed by atoms with Gasteiger partial charge in [-0.3, -0.25) is 10.0 Å². The first kappa shape index (κ1) is 22.2. The van der Waals surface area contributed by atoms with Crippen molar-refractivity contribution >= 4 is 15.9 Å². The van der Waals surface area contributed by atoms with Crippen LogP contribution >= 0.6 is 0 Å². The maximum absolute atomic E-state index is 13.3. The lowest BCUT2D eigenvalue weighted by atomic mass is 9.90. The Morgan fingerprint density at radius 2 is 1.76 bits per heavy atom. The molecule has 1 aromatic rings. The zero-order valence-electron chi connectivity index (χ0n) is 16.8. The fourth-order valence-electron chi connectivity index (χ4n) is 4.34. The van der Waals surface area contributed by atoms with Gasteiger partial charge in [0.15, 0.2) is 0 Å². The fraction of sp³-hybridized carbons (Fsp3) is 0.667. The first-order valence-electron chi connectivity index (χ1n) is 10.6. The summed E-state index contributed by atoms with van der Waals surface area (Å²) in [5.74, 6) is -0.0712. The lowest BCUT2D eigenvalue weighted by molar-refractivity contribution is -0.129. The Morgan fingerprint density at radius 3 is 2.38 bits per heavy atom. The minimum Gasteiger partial charge on any atom is -0.378 e. The van der Waals surface area contributed by atoms with Gasteiger partial charge in [0.2, 0.25) is 15.9 Å². The van der Waals surface area contributed by atoms with Gasteiger partial charge in [0.25, 0.3) is 0 Å². The van der Waals surface area contributed by atoms with E-state index in [9.17, 15) is 13.2 Å². The van der Waals surface area contributed by atoms with E-state index in [1.807, 2.05) is 0 Å². The third-order valence-corrected chi connectivity index (χ3v) is 8.32. The van der Waals surface area contributed by atoms with Crippen molar-refractivity contribution in [3.8, 4) is 0 Å². The second-order valence-electron chi connectivity index (χ2n) is 8.12. The molecule has 2 fully saturated rings. The van der Waals surface area contributed by atoms with Gasteiger partial charge in [-0.1, -0.05) is 49.6 Å². The predicted octanol–water partition coefficient (Wildman–Crippen LogP) is 3.01. The highest BCUT2D eigenvalue weighted by Crippen LogP contribution is 2.32. The van der Waals surface area contributed by atoms with Crippen molar-refractivity contribution in [1.29, 1.82) is 0 Å². The third kappa shape index (κ3) is 6.01. The highest BCUT2D eigenvalue weighted by Gasteiger charge is 2.37. The summed E-state index contributed by atoms with van der Waals surface area (Å²) >= 11 is 0. The number of amides is 1. The largest absolute Gasteiger partial charge is 0.378 e. The molecule has 7 nitrogen and oxygen atoms in total. The Hall–Kier alpha value is -1.48. The number of hydrogen-bond acceptors (Lipinski definition) is 5. The van der Waals surface area contributed by atoms with Gasteiger partial charge in [0, 0.05) is 19.7 Å². The standard InChI is InChI=1S/C21H32N2O5S/c24-21(22-25)15-20(18-9-5-2-6-10-18)29(26,27)23-13-11-19(12-14-23)28-16-17-7-3-1-4-8-17/h2,5-6,9-10,17,19-20,25H,1,3-4,7-8,11-16H2,(H,22,24)/t20-/m1/s1. The van der Waals surface area contributed by atoms with Crippen LogP contribution in [-0.2, 0) is 19.6 Å². The molecule has 1 aliphatic heterocycles.